The lowest BCUT2D eigenvalue weighted by molar-refractivity contribution is -0.141. The number of carboxylic acid groups (broad SMARTS) is 1. The molecule has 1 amide bonds. The first-order valence-electron chi connectivity index (χ1n) is 7.41. The van der Waals surface area contributed by atoms with E-state index in [1.54, 1.807) is 6.07 Å². The Kier molecular flexibility index (Phi) is 6.32. The van der Waals surface area contributed by atoms with Crippen LogP contribution in [0, 0.1) is 0 Å². The number of aliphatic carboxylic acids is 1. The quantitative estimate of drug-likeness (QED) is 0.432. The number of amides is 1. The Hall–Kier alpha value is -2.46. The molecule has 2 rings (SSSR count). The summed E-state index contributed by atoms with van der Waals surface area (Å²) in [5.74, 6) is -2.54. The molecule has 1 N–H and O–H groups in total. The van der Waals surface area contributed by atoms with Gasteiger partial charge in [0, 0.05) is 13.8 Å². The van der Waals surface area contributed by atoms with Gasteiger partial charge in [0.25, 0.3) is 0 Å². The van der Waals surface area contributed by atoms with Crippen LogP contribution in [0.15, 0.2) is 18.2 Å². The largest absolute Gasteiger partial charge is 0.480 e. The summed E-state index contributed by atoms with van der Waals surface area (Å²) in [5.41, 5.74) is 0.642. The number of hydrogen-bond acceptors (Lipinski definition) is 8. The lowest BCUT2D eigenvalue weighted by Gasteiger charge is -2.13. The molecule has 0 radical (unpaired) electrons. The summed E-state index contributed by atoms with van der Waals surface area (Å²) in [4.78, 5) is 46.6. The summed E-state index contributed by atoms with van der Waals surface area (Å²) in [6, 6.07) is 4.59. The summed E-state index contributed by atoms with van der Waals surface area (Å²) in [6.45, 7) is 1.95. The Morgan fingerprint density at radius 3 is 2.38 bits per heavy atom. The molecule has 1 atom stereocenters. The van der Waals surface area contributed by atoms with E-state index in [0.29, 0.717) is 5.56 Å². The normalized spacial score (nSPS) is 16.5. The molecular formula is C16H15NO7S2. The van der Waals surface area contributed by atoms with Crippen LogP contribution in [-0.4, -0.2) is 49.9 Å². The molecule has 1 aromatic rings. The van der Waals surface area contributed by atoms with Gasteiger partial charge in [0.1, 0.15) is 10.9 Å². The van der Waals surface area contributed by atoms with Crippen molar-refractivity contribution in [3.05, 3.63) is 23.8 Å². The van der Waals surface area contributed by atoms with E-state index >= 15 is 0 Å². The minimum atomic E-state index is -1.15. The fraction of sp³-hybridized carbons (Fsp3) is 0.312. The molecule has 1 heterocycles. The molecule has 10 heteroatoms. The van der Waals surface area contributed by atoms with Crippen LogP contribution in [0.25, 0.3) is 0 Å². The van der Waals surface area contributed by atoms with Crippen LogP contribution in [0.5, 0.6) is 11.5 Å². The number of carbonyl (C=O) groups is 4. The molecule has 1 unspecified atom stereocenters. The van der Waals surface area contributed by atoms with E-state index in [4.69, 9.17) is 26.8 Å². The van der Waals surface area contributed by atoms with Crippen LogP contribution in [0.1, 0.15) is 19.4 Å². The highest BCUT2D eigenvalue weighted by molar-refractivity contribution is 8.24. The third-order valence-electron chi connectivity index (χ3n) is 3.23. The highest BCUT2D eigenvalue weighted by Gasteiger charge is 2.37. The maximum Gasteiger partial charge on any atom is 0.323 e. The number of thiocarbonyl (C=S) groups is 1. The van der Waals surface area contributed by atoms with Crippen molar-refractivity contribution in [3.63, 3.8) is 0 Å². The number of esters is 2. The van der Waals surface area contributed by atoms with Crippen molar-refractivity contribution in [3.8, 4) is 11.5 Å². The van der Waals surface area contributed by atoms with Crippen LogP contribution in [0.2, 0.25) is 0 Å². The van der Waals surface area contributed by atoms with E-state index in [9.17, 15) is 19.2 Å². The third-order valence-corrected chi connectivity index (χ3v) is 4.82. The zero-order chi connectivity index (χ0) is 19.4. The zero-order valence-electron chi connectivity index (χ0n) is 13.9. The fourth-order valence-electron chi connectivity index (χ4n) is 2.27. The van der Waals surface area contributed by atoms with Gasteiger partial charge in [0.05, 0.1) is 5.25 Å². The van der Waals surface area contributed by atoms with Gasteiger partial charge in [0.2, 0.25) is 5.91 Å². The maximum absolute atomic E-state index is 12.3. The van der Waals surface area contributed by atoms with Gasteiger partial charge in [-0.2, -0.15) is 0 Å². The monoisotopic (exact) mass is 397 g/mol. The van der Waals surface area contributed by atoms with Crippen molar-refractivity contribution in [1.29, 1.82) is 0 Å². The Balaban J connectivity index is 2.20. The van der Waals surface area contributed by atoms with Gasteiger partial charge in [-0.25, -0.2) is 0 Å². The van der Waals surface area contributed by atoms with Crippen molar-refractivity contribution in [2.24, 2.45) is 0 Å². The highest BCUT2D eigenvalue weighted by Crippen LogP contribution is 2.33. The lowest BCUT2D eigenvalue weighted by Crippen LogP contribution is -2.36. The SMILES string of the molecule is CC(=O)Oc1ccc(CC2SC(=S)N(CC(=O)O)C2=O)cc1OC(C)=O. The number of rotatable bonds is 6. The van der Waals surface area contributed by atoms with Crippen molar-refractivity contribution >= 4 is 52.1 Å². The Morgan fingerprint density at radius 1 is 1.19 bits per heavy atom. The summed E-state index contributed by atoms with van der Waals surface area (Å²) in [7, 11) is 0. The summed E-state index contributed by atoms with van der Waals surface area (Å²) < 4.78 is 10.2. The Morgan fingerprint density at radius 2 is 1.81 bits per heavy atom. The number of thioether (sulfide) groups is 1. The minimum Gasteiger partial charge on any atom is -0.480 e. The summed E-state index contributed by atoms with van der Waals surface area (Å²) >= 11 is 6.16. The molecular weight excluding hydrogens is 382 g/mol. The Labute approximate surface area is 158 Å². The van der Waals surface area contributed by atoms with Crippen LogP contribution in [0.4, 0.5) is 0 Å². The van der Waals surface area contributed by atoms with Gasteiger partial charge in [-0.1, -0.05) is 30.0 Å². The van der Waals surface area contributed by atoms with Crippen LogP contribution >= 0.6 is 24.0 Å². The van der Waals surface area contributed by atoms with Gasteiger partial charge in [-0.05, 0) is 24.1 Å². The lowest BCUT2D eigenvalue weighted by atomic mass is 10.1. The van der Waals surface area contributed by atoms with Gasteiger partial charge in [-0.15, -0.1) is 0 Å². The second-order valence-electron chi connectivity index (χ2n) is 5.36. The van der Waals surface area contributed by atoms with Crippen LogP contribution in [-0.2, 0) is 25.6 Å². The van der Waals surface area contributed by atoms with Gasteiger partial charge >= 0.3 is 17.9 Å². The number of ether oxygens (including phenoxy) is 2. The van der Waals surface area contributed by atoms with Gasteiger partial charge < -0.3 is 14.6 Å². The number of nitrogens with zero attached hydrogens (tertiary/aromatic N) is 1. The minimum absolute atomic E-state index is 0.0608. The predicted octanol–water partition coefficient (Wildman–Crippen LogP) is 1.39. The summed E-state index contributed by atoms with van der Waals surface area (Å²) in [5, 5.41) is 8.28. The first kappa shape index (κ1) is 19.9. The topological polar surface area (TPSA) is 110 Å². The average molecular weight is 397 g/mol. The maximum atomic E-state index is 12.3. The number of hydrogen-bond donors (Lipinski definition) is 1. The van der Waals surface area contributed by atoms with Gasteiger partial charge in [0.15, 0.2) is 11.5 Å². The van der Waals surface area contributed by atoms with E-state index < -0.39 is 29.7 Å². The molecule has 138 valence electrons. The first-order chi connectivity index (χ1) is 12.2. The summed E-state index contributed by atoms with van der Waals surface area (Å²) in [6.07, 6.45) is 0.244. The van der Waals surface area contributed by atoms with Crippen molar-refractivity contribution in [2.75, 3.05) is 6.54 Å². The molecule has 1 aromatic carbocycles. The second-order valence-corrected chi connectivity index (χ2v) is 7.20. The molecule has 0 aliphatic carbocycles. The van der Waals surface area contributed by atoms with E-state index in [-0.39, 0.29) is 28.1 Å². The van der Waals surface area contributed by atoms with E-state index in [1.807, 2.05) is 0 Å². The first-order valence-corrected chi connectivity index (χ1v) is 8.69. The smallest absolute Gasteiger partial charge is 0.323 e. The highest BCUT2D eigenvalue weighted by atomic mass is 32.2. The molecule has 26 heavy (non-hydrogen) atoms. The predicted molar refractivity (Wildman–Crippen MR) is 96.1 cm³/mol. The fourth-order valence-corrected chi connectivity index (χ4v) is 3.81. The number of carbonyl (C=O) groups excluding carboxylic acids is 3. The average Bonchev–Trinajstić information content (AvgIpc) is 2.76. The third kappa shape index (κ3) is 5.02. The van der Waals surface area contributed by atoms with Crippen LogP contribution in [0.3, 0.4) is 0 Å². The molecule has 0 saturated carbocycles. The number of benzene rings is 1. The van der Waals surface area contributed by atoms with Crippen molar-refractivity contribution in [1.82, 2.24) is 4.90 Å². The standard InChI is InChI=1S/C16H15NO7S2/c1-8(18)23-11-4-3-10(5-12(11)24-9(2)19)6-13-15(22)17(7-14(20)21)16(25)26-13/h3-5,13H,6-7H2,1-2H3,(H,20,21). The van der Waals surface area contributed by atoms with E-state index in [1.165, 1.54) is 26.0 Å². The molecule has 1 fully saturated rings. The zero-order valence-corrected chi connectivity index (χ0v) is 15.5. The molecule has 0 bridgehead atoms. The molecule has 1 aliphatic heterocycles. The van der Waals surface area contributed by atoms with Gasteiger partial charge in [-0.3, -0.25) is 24.1 Å². The molecule has 1 saturated heterocycles. The van der Waals surface area contributed by atoms with Crippen molar-refractivity contribution in [2.45, 2.75) is 25.5 Å². The molecule has 1 aliphatic rings. The molecule has 8 nitrogen and oxygen atoms in total. The molecule has 0 spiro atoms. The van der Waals surface area contributed by atoms with E-state index in [0.717, 1.165) is 16.7 Å². The molecule has 0 aromatic heterocycles. The number of carboxylic acids is 1. The second kappa shape index (κ2) is 8.28. The van der Waals surface area contributed by atoms with Crippen molar-refractivity contribution < 1.29 is 33.8 Å². The van der Waals surface area contributed by atoms with Crippen LogP contribution < -0.4 is 9.47 Å². The van der Waals surface area contributed by atoms with E-state index in [2.05, 4.69) is 0 Å². The Bertz CT molecular complexity index is 793.